The molecule has 0 unspecified atom stereocenters. The van der Waals surface area contributed by atoms with Gasteiger partial charge in [-0.2, -0.15) is 0 Å². The zero-order valence-corrected chi connectivity index (χ0v) is 16.3. The van der Waals surface area contributed by atoms with Gasteiger partial charge in [0.15, 0.2) is 5.96 Å². The van der Waals surface area contributed by atoms with Gasteiger partial charge in [0, 0.05) is 37.9 Å². The third kappa shape index (κ3) is 4.95. The van der Waals surface area contributed by atoms with Gasteiger partial charge in [-0.05, 0) is 31.9 Å². The van der Waals surface area contributed by atoms with Gasteiger partial charge < -0.3 is 15.4 Å². The number of aryl methyl sites for hydroxylation is 1. The fourth-order valence-corrected chi connectivity index (χ4v) is 4.19. The first kappa shape index (κ1) is 19.1. The first-order valence-electron chi connectivity index (χ1n) is 9.92. The number of nitrogens with one attached hydrogen (secondary N) is 2. The van der Waals surface area contributed by atoms with Gasteiger partial charge >= 0.3 is 0 Å². The highest BCUT2D eigenvalue weighted by Crippen LogP contribution is 2.33. The van der Waals surface area contributed by atoms with E-state index in [1.807, 2.05) is 32.2 Å². The van der Waals surface area contributed by atoms with Crippen LogP contribution in [0.2, 0.25) is 0 Å². The van der Waals surface area contributed by atoms with Gasteiger partial charge in [0.05, 0.1) is 25.5 Å². The van der Waals surface area contributed by atoms with Crippen LogP contribution < -0.4 is 10.6 Å². The van der Waals surface area contributed by atoms with Crippen molar-refractivity contribution in [2.45, 2.75) is 51.1 Å². The molecule has 0 amide bonds. The van der Waals surface area contributed by atoms with E-state index in [0.29, 0.717) is 6.54 Å². The summed E-state index contributed by atoms with van der Waals surface area (Å²) in [5, 5.41) is 7.00. The molecule has 2 heterocycles. The maximum Gasteiger partial charge on any atom is 0.191 e. The lowest BCUT2D eigenvalue weighted by molar-refractivity contribution is -0.0352. The molecular weight excluding hydrogens is 326 g/mol. The third-order valence-electron chi connectivity index (χ3n) is 5.66. The number of aromatic nitrogens is 1. The molecule has 1 aromatic heterocycles. The molecule has 6 nitrogen and oxygen atoms in total. The van der Waals surface area contributed by atoms with Crippen molar-refractivity contribution in [1.82, 2.24) is 20.5 Å². The molecule has 2 fully saturated rings. The van der Waals surface area contributed by atoms with Gasteiger partial charge in [-0.25, -0.2) is 0 Å². The van der Waals surface area contributed by atoms with E-state index >= 15 is 0 Å². The number of hydrogen-bond donors (Lipinski definition) is 2. The van der Waals surface area contributed by atoms with Gasteiger partial charge in [0.2, 0.25) is 0 Å². The van der Waals surface area contributed by atoms with Gasteiger partial charge in [-0.15, -0.1) is 0 Å². The number of rotatable bonds is 5. The summed E-state index contributed by atoms with van der Waals surface area (Å²) in [6.07, 6.45) is 6.52. The van der Waals surface area contributed by atoms with Crippen molar-refractivity contribution in [2.24, 2.45) is 4.99 Å². The largest absolute Gasteiger partial charge is 0.379 e. The van der Waals surface area contributed by atoms with Crippen molar-refractivity contribution < 1.29 is 4.74 Å². The Morgan fingerprint density at radius 2 is 1.96 bits per heavy atom. The number of ether oxygens (including phenoxy) is 1. The van der Waals surface area contributed by atoms with Gasteiger partial charge in [-0.3, -0.25) is 14.9 Å². The molecule has 0 spiro atoms. The van der Waals surface area contributed by atoms with E-state index in [-0.39, 0.29) is 5.54 Å². The molecule has 2 aliphatic rings. The third-order valence-corrected chi connectivity index (χ3v) is 5.66. The van der Waals surface area contributed by atoms with Crippen LogP contribution in [0.15, 0.2) is 23.2 Å². The minimum absolute atomic E-state index is 0.237. The summed E-state index contributed by atoms with van der Waals surface area (Å²) in [6, 6.07) is 6.11. The first-order chi connectivity index (χ1) is 12.7. The number of morpholine rings is 1. The molecule has 144 valence electrons. The smallest absolute Gasteiger partial charge is 0.191 e. The zero-order valence-electron chi connectivity index (χ0n) is 16.3. The van der Waals surface area contributed by atoms with Crippen LogP contribution in [0.25, 0.3) is 0 Å². The topological polar surface area (TPSA) is 61.8 Å². The van der Waals surface area contributed by atoms with E-state index in [1.54, 1.807) is 0 Å². The lowest BCUT2D eigenvalue weighted by Crippen LogP contribution is -2.60. The van der Waals surface area contributed by atoms with Crippen molar-refractivity contribution in [2.75, 3.05) is 39.9 Å². The second kappa shape index (κ2) is 9.33. The Morgan fingerprint density at radius 3 is 2.65 bits per heavy atom. The van der Waals surface area contributed by atoms with Crippen molar-refractivity contribution in [1.29, 1.82) is 0 Å². The van der Waals surface area contributed by atoms with E-state index < -0.39 is 0 Å². The van der Waals surface area contributed by atoms with E-state index in [4.69, 9.17) is 4.74 Å². The molecule has 1 aliphatic carbocycles. The monoisotopic (exact) mass is 359 g/mol. The van der Waals surface area contributed by atoms with Crippen LogP contribution in [0.1, 0.15) is 43.5 Å². The van der Waals surface area contributed by atoms with E-state index in [0.717, 1.165) is 50.2 Å². The number of guanidine groups is 1. The van der Waals surface area contributed by atoms with Crippen LogP contribution in [0.5, 0.6) is 0 Å². The Kier molecular flexibility index (Phi) is 6.86. The second-order valence-electron chi connectivity index (χ2n) is 7.43. The Bertz CT molecular complexity index is 592. The molecular formula is C20H33N5O. The quantitative estimate of drug-likeness (QED) is 0.623. The summed E-state index contributed by atoms with van der Waals surface area (Å²) in [7, 11) is 1.83. The summed E-state index contributed by atoms with van der Waals surface area (Å²) in [6.45, 7) is 7.44. The summed E-state index contributed by atoms with van der Waals surface area (Å²) < 4.78 is 5.57. The van der Waals surface area contributed by atoms with E-state index in [2.05, 4.69) is 25.5 Å². The molecule has 26 heavy (non-hydrogen) atoms. The fraction of sp³-hybridized carbons (Fsp3) is 0.700. The Labute approximate surface area is 157 Å². The van der Waals surface area contributed by atoms with Gasteiger partial charge in [-0.1, -0.05) is 25.3 Å². The second-order valence-corrected chi connectivity index (χ2v) is 7.43. The molecule has 6 heteroatoms. The average molecular weight is 360 g/mol. The van der Waals surface area contributed by atoms with Crippen LogP contribution in [-0.4, -0.2) is 61.3 Å². The zero-order chi connectivity index (χ0) is 18.2. The molecule has 0 aromatic carbocycles. The molecule has 0 bridgehead atoms. The maximum absolute atomic E-state index is 5.57. The number of hydrogen-bond acceptors (Lipinski definition) is 4. The normalized spacial score (nSPS) is 21.4. The molecule has 0 atom stereocenters. The molecule has 1 aliphatic heterocycles. The summed E-state index contributed by atoms with van der Waals surface area (Å²) in [5.74, 6) is 0.853. The summed E-state index contributed by atoms with van der Waals surface area (Å²) >= 11 is 0. The average Bonchev–Trinajstić information content (AvgIpc) is 2.69. The minimum Gasteiger partial charge on any atom is -0.379 e. The fourth-order valence-electron chi connectivity index (χ4n) is 4.19. The van der Waals surface area contributed by atoms with E-state index in [9.17, 15) is 0 Å². The highest BCUT2D eigenvalue weighted by Gasteiger charge is 2.38. The molecule has 2 N–H and O–H groups in total. The standard InChI is InChI=1S/C20H33N5O/c1-17-7-6-8-18(24-17)15-22-19(21-2)23-16-20(9-4-3-5-10-20)25-11-13-26-14-12-25/h6-8H,3-5,9-16H2,1-2H3,(H2,21,22,23). The van der Waals surface area contributed by atoms with Crippen molar-refractivity contribution in [3.05, 3.63) is 29.6 Å². The molecule has 1 saturated heterocycles. The van der Waals surface area contributed by atoms with Gasteiger partial charge in [0.1, 0.15) is 0 Å². The predicted molar refractivity (Wildman–Crippen MR) is 105 cm³/mol. The minimum atomic E-state index is 0.237. The first-order valence-corrected chi connectivity index (χ1v) is 9.92. The van der Waals surface area contributed by atoms with Crippen molar-refractivity contribution in [3.8, 4) is 0 Å². The van der Waals surface area contributed by atoms with Crippen LogP contribution in [0.3, 0.4) is 0 Å². The number of aliphatic imine (C=N–C) groups is 1. The molecule has 3 rings (SSSR count). The maximum atomic E-state index is 5.57. The SMILES string of the molecule is CN=C(NCc1cccc(C)n1)NCC1(N2CCOCC2)CCCCC1. The van der Waals surface area contributed by atoms with Crippen molar-refractivity contribution in [3.63, 3.8) is 0 Å². The van der Waals surface area contributed by atoms with Gasteiger partial charge in [0.25, 0.3) is 0 Å². The molecule has 1 aromatic rings. The predicted octanol–water partition coefficient (Wildman–Crippen LogP) is 2.09. The lowest BCUT2D eigenvalue weighted by atomic mass is 9.80. The Balaban J connectivity index is 1.57. The highest BCUT2D eigenvalue weighted by atomic mass is 16.5. The lowest BCUT2D eigenvalue weighted by Gasteiger charge is -2.48. The molecule has 1 saturated carbocycles. The van der Waals surface area contributed by atoms with Crippen molar-refractivity contribution >= 4 is 5.96 Å². The summed E-state index contributed by atoms with van der Waals surface area (Å²) in [4.78, 5) is 11.6. The van der Waals surface area contributed by atoms with E-state index in [1.165, 1.54) is 32.1 Å². The van der Waals surface area contributed by atoms with Crippen LogP contribution in [-0.2, 0) is 11.3 Å². The Hall–Kier alpha value is -1.66. The van der Waals surface area contributed by atoms with Crippen LogP contribution in [0.4, 0.5) is 0 Å². The highest BCUT2D eigenvalue weighted by molar-refractivity contribution is 5.79. The number of pyridine rings is 1. The molecule has 0 radical (unpaired) electrons. The Morgan fingerprint density at radius 1 is 1.19 bits per heavy atom. The van der Waals surface area contributed by atoms with Crippen LogP contribution in [0, 0.1) is 6.92 Å². The van der Waals surface area contributed by atoms with Crippen LogP contribution >= 0.6 is 0 Å². The summed E-state index contributed by atoms with van der Waals surface area (Å²) in [5.41, 5.74) is 2.32. The number of nitrogens with zero attached hydrogens (tertiary/aromatic N) is 3.